The Labute approximate surface area is 115 Å². The first kappa shape index (κ1) is 12.0. The number of fused-ring (bicyclic) bond motifs is 1. The molecule has 3 aromatic heterocycles. The lowest BCUT2D eigenvalue weighted by Crippen LogP contribution is -2.07. The summed E-state index contributed by atoms with van der Waals surface area (Å²) >= 11 is 1.69. The third-order valence-corrected chi connectivity index (χ3v) is 3.73. The van der Waals surface area contributed by atoms with Crippen molar-refractivity contribution in [1.82, 2.24) is 15.0 Å². The molecule has 0 saturated carbocycles. The highest BCUT2D eigenvalue weighted by Gasteiger charge is 2.02. The van der Waals surface area contributed by atoms with Crippen LogP contribution in [-0.4, -0.2) is 21.5 Å². The molecule has 3 aromatic rings. The Morgan fingerprint density at radius 1 is 1.26 bits per heavy atom. The molecule has 5 heteroatoms. The van der Waals surface area contributed by atoms with Gasteiger partial charge in [0, 0.05) is 42.3 Å². The Morgan fingerprint density at radius 2 is 2.16 bits per heavy atom. The van der Waals surface area contributed by atoms with Gasteiger partial charge in [0.1, 0.15) is 5.82 Å². The molecule has 4 nitrogen and oxygen atoms in total. The molecule has 0 bridgehead atoms. The SMILES string of the molecule is Cc1nc(CCNc2nccc3ccncc23)cs1. The zero-order chi connectivity index (χ0) is 13.1. The molecule has 1 N–H and O–H groups in total. The van der Waals surface area contributed by atoms with E-state index in [-0.39, 0.29) is 0 Å². The van der Waals surface area contributed by atoms with E-state index >= 15 is 0 Å². The number of hydrogen-bond donors (Lipinski definition) is 1. The van der Waals surface area contributed by atoms with Crippen molar-refractivity contribution in [2.45, 2.75) is 13.3 Å². The quantitative estimate of drug-likeness (QED) is 0.791. The molecule has 0 aliphatic carbocycles. The van der Waals surface area contributed by atoms with Gasteiger partial charge in [-0.2, -0.15) is 0 Å². The summed E-state index contributed by atoms with van der Waals surface area (Å²) in [5.74, 6) is 0.887. The number of pyridine rings is 2. The fourth-order valence-corrected chi connectivity index (χ4v) is 2.63. The van der Waals surface area contributed by atoms with Crippen molar-refractivity contribution in [2.24, 2.45) is 0 Å². The maximum atomic E-state index is 4.45. The van der Waals surface area contributed by atoms with Crippen LogP contribution < -0.4 is 5.32 Å². The molecule has 3 heterocycles. The number of nitrogens with zero attached hydrogens (tertiary/aromatic N) is 3. The number of aromatic nitrogens is 3. The van der Waals surface area contributed by atoms with Gasteiger partial charge in [0.05, 0.1) is 10.7 Å². The Kier molecular flexibility index (Phi) is 3.37. The van der Waals surface area contributed by atoms with Crippen LogP contribution in [0.3, 0.4) is 0 Å². The van der Waals surface area contributed by atoms with E-state index in [1.165, 1.54) is 0 Å². The second kappa shape index (κ2) is 5.32. The fourth-order valence-electron chi connectivity index (χ4n) is 1.98. The highest BCUT2D eigenvalue weighted by molar-refractivity contribution is 7.09. The molecular formula is C14H14N4S. The highest BCUT2D eigenvalue weighted by Crippen LogP contribution is 2.19. The molecule has 96 valence electrons. The molecule has 19 heavy (non-hydrogen) atoms. The molecule has 0 unspecified atom stereocenters. The highest BCUT2D eigenvalue weighted by atomic mass is 32.1. The zero-order valence-corrected chi connectivity index (χ0v) is 11.4. The second-order valence-corrected chi connectivity index (χ2v) is 5.35. The van der Waals surface area contributed by atoms with E-state index in [0.29, 0.717) is 0 Å². The summed E-state index contributed by atoms with van der Waals surface area (Å²) < 4.78 is 0. The first-order valence-electron chi connectivity index (χ1n) is 6.16. The van der Waals surface area contributed by atoms with E-state index in [1.54, 1.807) is 17.5 Å². The monoisotopic (exact) mass is 270 g/mol. The molecule has 0 aliphatic heterocycles. The van der Waals surface area contributed by atoms with Crippen molar-refractivity contribution < 1.29 is 0 Å². The molecular weight excluding hydrogens is 256 g/mol. The first-order valence-corrected chi connectivity index (χ1v) is 7.04. The number of aryl methyl sites for hydroxylation is 1. The van der Waals surface area contributed by atoms with Gasteiger partial charge in [0.25, 0.3) is 0 Å². The van der Waals surface area contributed by atoms with Crippen molar-refractivity contribution in [3.63, 3.8) is 0 Å². The van der Waals surface area contributed by atoms with Gasteiger partial charge in [0.2, 0.25) is 0 Å². The Balaban J connectivity index is 1.71. The first-order chi connectivity index (χ1) is 9.33. The predicted molar refractivity (Wildman–Crippen MR) is 78.6 cm³/mol. The van der Waals surface area contributed by atoms with Gasteiger partial charge in [-0.25, -0.2) is 9.97 Å². The molecule has 0 aromatic carbocycles. The summed E-state index contributed by atoms with van der Waals surface area (Å²) in [5, 5.41) is 8.78. The van der Waals surface area contributed by atoms with Crippen LogP contribution in [0.1, 0.15) is 10.7 Å². The minimum atomic E-state index is 0.824. The molecule has 0 aliphatic rings. The van der Waals surface area contributed by atoms with Crippen LogP contribution in [-0.2, 0) is 6.42 Å². The number of rotatable bonds is 4. The average molecular weight is 270 g/mol. The summed E-state index contributed by atoms with van der Waals surface area (Å²) in [6.07, 6.45) is 6.36. The standard InChI is InChI=1S/C14H14N4S/c1-10-18-12(9-19-10)4-7-17-14-13-8-15-5-2-11(13)3-6-16-14/h2-3,5-6,8-9H,4,7H2,1H3,(H,16,17). The average Bonchev–Trinajstić information content (AvgIpc) is 2.85. The van der Waals surface area contributed by atoms with Crippen molar-refractivity contribution in [3.8, 4) is 0 Å². The molecule has 0 saturated heterocycles. The Hall–Kier alpha value is -2.01. The third kappa shape index (κ3) is 2.71. The van der Waals surface area contributed by atoms with Crippen LogP contribution in [0.5, 0.6) is 0 Å². The largest absolute Gasteiger partial charge is 0.369 e. The number of anilines is 1. The van der Waals surface area contributed by atoms with Gasteiger partial charge in [0.15, 0.2) is 0 Å². The van der Waals surface area contributed by atoms with Crippen LogP contribution in [0.25, 0.3) is 10.8 Å². The van der Waals surface area contributed by atoms with E-state index in [9.17, 15) is 0 Å². The summed E-state index contributed by atoms with van der Waals surface area (Å²) in [4.78, 5) is 13.0. The minimum absolute atomic E-state index is 0.824. The lowest BCUT2D eigenvalue weighted by atomic mass is 10.2. The van der Waals surface area contributed by atoms with Crippen molar-refractivity contribution in [2.75, 3.05) is 11.9 Å². The topological polar surface area (TPSA) is 50.7 Å². The fraction of sp³-hybridized carbons (Fsp3) is 0.214. The maximum Gasteiger partial charge on any atom is 0.135 e. The lowest BCUT2D eigenvalue weighted by Gasteiger charge is -2.07. The van der Waals surface area contributed by atoms with Gasteiger partial charge in [-0.3, -0.25) is 4.98 Å². The number of nitrogens with one attached hydrogen (secondary N) is 1. The summed E-state index contributed by atoms with van der Waals surface area (Å²) in [7, 11) is 0. The molecule has 0 spiro atoms. The summed E-state index contributed by atoms with van der Waals surface area (Å²) in [5.41, 5.74) is 1.13. The van der Waals surface area contributed by atoms with Crippen molar-refractivity contribution in [1.29, 1.82) is 0 Å². The van der Waals surface area contributed by atoms with Crippen LogP contribution in [0.2, 0.25) is 0 Å². The number of hydrogen-bond acceptors (Lipinski definition) is 5. The van der Waals surface area contributed by atoms with Crippen LogP contribution >= 0.6 is 11.3 Å². The second-order valence-electron chi connectivity index (χ2n) is 4.29. The van der Waals surface area contributed by atoms with Gasteiger partial charge < -0.3 is 5.32 Å². The van der Waals surface area contributed by atoms with Crippen molar-refractivity contribution in [3.05, 3.63) is 46.8 Å². The lowest BCUT2D eigenvalue weighted by molar-refractivity contribution is 0.962. The van der Waals surface area contributed by atoms with E-state index in [4.69, 9.17) is 0 Å². The molecule has 0 fully saturated rings. The molecule has 3 rings (SSSR count). The Morgan fingerprint density at radius 3 is 3.00 bits per heavy atom. The van der Waals surface area contributed by atoms with E-state index in [2.05, 4.69) is 25.6 Å². The summed E-state index contributed by atoms with van der Waals surface area (Å²) in [6, 6.07) is 3.98. The predicted octanol–water partition coefficient (Wildman–Crippen LogP) is 3.05. The maximum absolute atomic E-state index is 4.45. The zero-order valence-electron chi connectivity index (χ0n) is 10.6. The van der Waals surface area contributed by atoms with Gasteiger partial charge in [-0.05, 0) is 24.4 Å². The van der Waals surface area contributed by atoms with Gasteiger partial charge >= 0.3 is 0 Å². The van der Waals surface area contributed by atoms with Crippen LogP contribution in [0.4, 0.5) is 5.82 Å². The van der Waals surface area contributed by atoms with E-state index < -0.39 is 0 Å². The summed E-state index contributed by atoms with van der Waals surface area (Å²) in [6.45, 7) is 2.85. The molecule has 0 amide bonds. The number of thiazole rings is 1. The van der Waals surface area contributed by atoms with Gasteiger partial charge in [-0.1, -0.05) is 0 Å². The molecule has 0 radical (unpaired) electrons. The minimum Gasteiger partial charge on any atom is -0.369 e. The Bertz CT molecular complexity index is 687. The smallest absolute Gasteiger partial charge is 0.135 e. The van der Waals surface area contributed by atoms with E-state index in [0.717, 1.165) is 40.3 Å². The van der Waals surface area contributed by atoms with Gasteiger partial charge in [-0.15, -0.1) is 11.3 Å². The third-order valence-electron chi connectivity index (χ3n) is 2.91. The molecule has 0 atom stereocenters. The van der Waals surface area contributed by atoms with Crippen molar-refractivity contribution >= 4 is 27.9 Å². The normalized spacial score (nSPS) is 10.8. The van der Waals surface area contributed by atoms with Crippen LogP contribution in [0, 0.1) is 6.92 Å². The van der Waals surface area contributed by atoms with E-state index in [1.807, 2.05) is 31.5 Å². The van der Waals surface area contributed by atoms with Crippen LogP contribution in [0.15, 0.2) is 36.1 Å².